The molecule has 0 bridgehead atoms. The van der Waals surface area contributed by atoms with Crippen molar-refractivity contribution in [3.63, 3.8) is 0 Å². The number of fused-ring (bicyclic) bond motifs is 1. The topological polar surface area (TPSA) is 85.2 Å². The lowest BCUT2D eigenvalue weighted by atomic mass is 10.1. The van der Waals surface area contributed by atoms with E-state index in [2.05, 4.69) is 30.5 Å². The van der Waals surface area contributed by atoms with E-state index in [9.17, 15) is 0 Å². The predicted octanol–water partition coefficient (Wildman–Crippen LogP) is 3.41. The molecule has 9 heteroatoms. The van der Waals surface area contributed by atoms with Crippen LogP contribution in [0.15, 0.2) is 67.3 Å². The van der Waals surface area contributed by atoms with Gasteiger partial charge in [0, 0.05) is 42.2 Å². The quantitative estimate of drug-likeness (QED) is 0.590. The van der Waals surface area contributed by atoms with E-state index in [4.69, 9.17) is 0 Å². The highest BCUT2D eigenvalue weighted by Crippen LogP contribution is 2.34. The summed E-state index contributed by atoms with van der Waals surface area (Å²) in [5.41, 5.74) is 1.43. The molecule has 0 unspecified atom stereocenters. The molecule has 0 saturated carbocycles. The van der Waals surface area contributed by atoms with Gasteiger partial charge in [0.2, 0.25) is 5.82 Å². The number of H-pyrrole nitrogens is 1. The minimum atomic E-state index is -3.44. The van der Waals surface area contributed by atoms with Crippen molar-refractivity contribution in [1.82, 2.24) is 35.2 Å². The lowest BCUT2D eigenvalue weighted by molar-refractivity contribution is 0.0311. The summed E-state index contributed by atoms with van der Waals surface area (Å²) in [6.07, 6.45) is 6.26. The molecule has 0 spiro atoms. The van der Waals surface area contributed by atoms with Crippen LogP contribution in [0.1, 0.15) is 11.4 Å². The molecule has 0 radical (unpaired) electrons. The molecule has 28 heavy (non-hydrogen) atoms. The summed E-state index contributed by atoms with van der Waals surface area (Å²) >= 11 is 0. The fourth-order valence-corrected chi connectivity index (χ4v) is 2.68. The average Bonchev–Trinajstić information content (AvgIpc) is 3.17. The number of alkyl halides is 2. The molecular weight excluding hydrogens is 364 g/mol. The van der Waals surface area contributed by atoms with Crippen LogP contribution in [0.5, 0.6) is 0 Å². The van der Waals surface area contributed by atoms with Crippen molar-refractivity contribution in [3.05, 3.63) is 78.6 Å². The van der Waals surface area contributed by atoms with E-state index < -0.39 is 11.7 Å². The van der Waals surface area contributed by atoms with E-state index in [1.807, 2.05) is 0 Å². The van der Waals surface area contributed by atoms with E-state index in [0.717, 1.165) is 0 Å². The van der Waals surface area contributed by atoms with Gasteiger partial charge in [-0.15, -0.1) is 10.2 Å². The fourth-order valence-electron chi connectivity index (χ4n) is 2.68. The number of benzene rings is 1. The van der Waals surface area contributed by atoms with Gasteiger partial charge >= 0.3 is 5.92 Å². The van der Waals surface area contributed by atoms with E-state index in [1.165, 1.54) is 18.3 Å². The molecule has 0 saturated heterocycles. The van der Waals surface area contributed by atoms with Crippen LogP contribution in [0, 0.1) is 0 Å². The van der Waals surface area contributed by atoms with Gasteiger partial charge in [-0.2, -0.15) is 19.0 Å². The Labute approximate surface area is 158 Å². The van der Waals surface area contributed by atoms with Gasteiger partial charge in [-0.3, -0.25) is 14.8 Å². The highest BCUT2D eigenvalue weighted by Gasteiger charge is 2.37. The Morgan fingerprint density at radius 3 is 2.71 bits per heavy atom. The number of aromatic nitrogens is 7. The maximum atomic E-state index is 15.2. The zero-order valence-corrected chi connectivity index (χ0v) is 14.8. The summed E-state index contributed by atoms with van der Waals surface area (Å²) in [6.45, 7) is 0. The first-order valence-corrected chi connectivity index (χ1v) is 8.38. The number of rotatable bonds is 3. The van der Waals surface area contributed by atoms with Crippen molar-refractivity contribution in [2.45, 2.75) is 5.92 Å². The zero-order valence-electron chi connectivity index (χ0n) is 14.8. The maximum Gasteiger partial charge on any atom is 0.333 e. The highest BCUT2D eigenvalue weighted by atomic mass is 19.3. The van der Waals surface area contributed by atoms with Gasteiger partial charge in [-0.1, -0.05) is 12.1 Å². The molecule has 0 aliphatic rings. The standard InChI is InChI=1S/C19H15F2N7/c1-28-12-14(11-24-28)17-5-3-9-23-26-18(27-25-17)19(20,21)15-6-7-16-13(10-15)4-2-8-22-16/h2-12H,1H3,(H,26,27). The van der Waals surface area contributed by atoms with Crippen LogP contribution >= 0.6 is 0 Å². The predicted molar refractivity (Wildman–Crippen MR) is 98.7 cm³/mol. The maximum absolute atomic E-state index is 15.2. The van der Waals surface area contributed by atoms with Gasteiger partial charge in [-0.05, 0) is 30.3 Å². The lowest BCUT2D eigenvalue weighted by Crippen LogP contribution is -2.19. The van der Waals surface area contributed by atoms with E-state index in [0.29, 0.717) is 22.2 Å². The Bertz CT molecular complexity index is 1180. The molecule has 0 aliphatic carbocycles. The monoisotopic (exact) mass is 379 g/mol. The molecule has 4 rings (SSSR count). The first-order chi connectivity index (χ1) is 13.5. The summed E-state index contributed by atoms with van der Waals surface area (Å²) in [6, 6.07) is 10.9. The number of aromatic amines is 1. The second-order valence-corrected chi connectivity index (χ2v) is 6.07. The van der Waals surface area contributed by atoms with Gasteiger partial charge in [0.25, 0.3) is 0 Å². The molecule has 140 valence electrons. The largest absolute Gasteiger partial charge is 0.333 e. The van der Waals surface area contributed by atoms with Crippen molar-refractivity contribution in [2.24, 2.45) is 7.05 Å². The molecule has 1 aromatic carbocycles. The molecular formula is C19H15F2N7. The van der Waals surface area contributed by atoms with Gasteiger partial charge in [0.1, 0.15) is 0 Å². The van der Waals surface area contributed by atoms with Crippen LogP contribution in [-0.4, -0.2) is 35.2 Å². The molecule has 7 nitrogen and oxygen atoms in total. The Hall–Kier alpha value is -3.75. The van der Waals surface area contributed by atoms with Crippen molar-refractivity contribution in [2.75, 3.05) is 0 Å². The number of nitrogens with zero attached hydrogens (tertiary/aromatic N) is 6. The van der Waals surface area contributed by atoms with Crippen LogP contribution in [0.25, 0.3) is 22.2 Å². The fraction of sp³-hybridized carbons (Fsp3) is 0.105. The number of aryl methyl sites for hydroxylation is 1. The zero-order chi connectivity index (χ0) is 19.6. The van der Waals surface area contributed by atoms with E-state index >= 15 is 8.78 Å². The summed E-state index contributed by atoms with van der Waals surface area (Å²) in [7, 11) is 1.75. The first-order valence-electron chi connectivity index (χ1n) is 8.38. The molecule has 0 atom stereocenters. The molecule has 3 heterocycles. The molecule has 4 aromatic rings. The smallest absolute Gasteiger partial charge is 0.275 e. The SMILES string of the molecule is Cn1cc(-c2cccn[nH]c(C(F)(F)c3ccc4ncccc4c3)nn2)cn1. The van der Waals surface area contributed by atoms with E-state index in [1.54, 1.807) is 60.7 Å². The van der Waals surface area contributed by atoms with Crippen LogP contribution < -0.4 is 0 Å². The highest BCUT2D eigenvalue weighted by molar-refractivity contribution is 5.79. The normalized spacial score (nSPS) is 11.4. The van der Waals surface area contributed by atoms with Crippen LogP contribution in [0.2, 0.25) is 0 Å². The Balaban J connectivity index is 1.82. The van der Waals surface area contributed by atoms with Crippen LogP contribution in [0.4, 0.5) is 8.78 Å². The van der Waals surface area contributed by atoms with Crippen molar-refractivity contribution in [1.29, 1.82) is 0 Å². The number of halogens is 2. The minimum Gasteiger partial charge on any atom is -0.275 e. The molecule has 0 fully saturated rings. The Morgan fingerprint density at radius 2 is 1.89 bits per heavy atom. The third-order valence-electron chi connectivity index (χ3n) is 4.11. The van der Waals surface area contributed by atoms with Gasteiger partial charge in [0.15, 0.2) is 0 Å². The number of pyridine rings is 1. The van der Waals surface area contributed by atoms with Crippen LogP contribution in [0.3, 0.4) is 0 Å². The number of nitrogens with one attached hydrogen (secondary N) is 1. The number of hydrogen-bond donors (Lipinski definition) is 1. The van der Waals surface area contributed by atoms with Crippen LogP contribution in [-0.2, 0) is 13.0 Å². The third-order valence-corrected chi connectivity index (χ3v) is 4.11. The minimum absolute atomic E-state index is 0.236. The lowest BCUT2D eigenvalue weighted by Gasteiger charge is -2.14. The van der Waals surface area contributed by atoms with Crippen molar-refractivity contribution in [3.8, 4) is 11.3 Å². The second-order valence-electron chi connectivity index (χ2n) is 6.07. The summed E-state index contributed by atoms with van der Waals surface area (Å²) in [5.74, 6) is -4.12. The Morgan fingerprint density at radius 1 is 1.04 bits per heavy atom. The van der Waals surface area contributed by atoms with Gasteiger partial charge in [0.05, 0.1) is 17.4 Å². The summed E-state index contributed by atoms with van der Waals surface area (Å²) in [4.78, 5) is 4.15. The van der Waals surface area contributed by atoms with Gasteiger partial charge in [-0.25, -0.2) is 0 Å². The second kappa shape index (κ2) is 7.10. The summed E-state index contributed by atoms with van der Waals surface area (Å²) in [5, 5.41) is 18.5. The third kappa shape index (κ3) is 3.41. The van der Waals surface area contributed by atoms with Crippen molar-refractivity contribution < 1.29 is 8.78 Å². The Kier molecular flexibility index (Phi) is 4.48. The summed E-state index contributed by atoms with van der Waals surface area (Å²) < 4.78 is 31.9. The van der Waals surface area contributed by atoms with E-state index in [-0.39, 0.29) is 5.56 Å². The molecule has 1 N–H and O–H groups in total. The first kappa shape index (κ1) is 17.7. The average molecular weight is 379 g/mol. The molecule has 0 aliphatic heterocycles. The van der Waals surface area contributed by atoms with Crippen molar-refractivity contribution >= 4 is 10.9 Å². The number of hydrogen-bond acceptors (Lipinski definition) is 5. The molecule has 3 aromatic heterocycles. The molecule has 0 amide bonds. The van der Waals surface area contributed by atoms with Gasteiger partial charge < -0.3 is 0 Å².